The van der Waals surface area contributed by atoms with Crippen molar-refractivity contribution in [2.75, 3.05) is 19.7 Å². The fourth-order valence-corrected chi connectivity index (χ4v) is 1.79. The smallest absolute Gasteiger partial charge is 0.249 e. The van der Waals surface area contributed by atoms with Crippen LogP contribution in [0.4, 0.5) is 0 Å². The number of carbonyl (C=O) groups is 1. The molecule has 1 fully saturated rings. The molecule has 5 nitrogen and oxygen atoms in total. The fourth-order valence-electron chi connectivity index (χ4n) is 1.79. The van der Waals surface area contributed by atoms with E-state index in [9.17, 15) is 4.79 Å². The van der Waals surface area contributed by atoms with Crippen LogP contribution in [0.15, 0.2) is 0 Å². The third-order valence-corrected chi connectivity index (χ3v) is 2.73. The van der Waals surface area contributed by atoms with Gasteiger partial charge < -0.3 is 20.5 Å². The van der Waals surface area contributed by atoms with Gasteiger partial charge in [-0.05, 0) is 33.1 Å². The summed E-state index contributed by atoms with van der Waals surface area (Å²) >= 11 is 0. The molecule has 108 valence electrons. The summed E-state index contributed by atoms with van der Waals surface area (Å²) in [6.45, 7) is 5.80. The van der Waals surface area contributed by atoms with Crippen molar-refractivity contribution in [3.05, 3.63) is 0 Å². The van der Waals surface area contributed by atoms with E-state index in [2.05, 4.69) is 5.32 Å². The van der Waals surface area contributed by atoms with Gasteiger partial charge in [-0.1, -0.05) is 0 Å². The minimum Gasteiger partial charge on any atom is -0.379 e. The monoisotopic (exact) mass is 280 g/mol. The van der Waals surface area contributed by atoms with Crippen LogP contribution in [0.2, 0.25) is 0 Å². The topological polar surface area (TPSA) is 73.6 Å². The number of carbonyl (C=O) groups excluding carboxylic acids is 1. The molecule has 1 rings (SSSR count). The summed E-state index contributed by atoms with van der Waals surface area (Å²) in [5.74, 6) is -0.0227. The first-order valence-electron chi connectivity index (χ1n) is 6.38. The van der Waals surface area contributed by atoms with Gasteiger partial charge in [0.05, 0.1) is 12.2 Å². The van der Waals surface area contributed by atoms with Crippen molar-refractivity contribution < 1.29 is 14.3 Å². The van der Waals surface area contributed by atoms with Crippen LogP contribution >= 0.6 is 12.4 Å². The van der Waals surface area contributed by atoms with Gasteiger partial charge in [0.15, 0.2) is 0 Å². The summed E-state index contributed by atoms with van der Waals surface area (Å²) in [6, 6.07) is 0. The molecule has 1 amide bonds. The zero-order valence-electron chi connectivity index (χ0n) is 11.2. The molecule has 0 aromatic carbocycles. The summed E-state index contributed by atoms with van der Waals surface area (Å²) in [4.78, 5) is 11.7. The molecule has 6 heteroatoms. The molecular formula is C12H25ClN2O3. The van der Waals surface area contributed by atoms with Gasteiger partial charge in [0.2, 0.25) is 5.91 Å². The molecule has 0 saturated carbocycles. The van der Waals surface area contributed by atoms with Crippen LogP contribution in [-0.2, 0) is 14.3 Å². The highest BCUT2D eigenvalue weighted by Crippen LogP contribution is 2.18. The van der Waals surface area contributed by atoms with Gasteiger partial charge in [-0.15, -0.1) is 12.4 Å². The molecule has 1 aliphatic heterocycles. The fraction of sp³-hybridized carbons (Fsp3) is 0.917. The van der Waals surface area contributed by atoms with Crippen molar-refractivity contribution in [3.63, 3.8) is 0 Å². The molecule has 2 atom stereocenters. The van der Waals surface area contributed by atoms with Crippen LogP contribution in [0.5, 0.6) is 0 Å². The van der Waals surface area contributed by atoms with Gasteiger partial charge in [-0.2, -0.15) is 0 Å². The van der Waals surface area contributed by atoms with Crippen molar-refractivity contribution in [2.45, 2.75) is 51.4 Å². The van der Waals surface area contributed by atoms with Crippen molar-refractivity contribution in [2.24, 2.45) is 5.73 Å². The Hall–Kier alpha value is -0.360. The van der Waals surface area contributed by atoms with E-state index in [4.69, 9.17) is 15.2 Å². The predicted molar refractivity (Wildman–Crippen MR) is 72.9 cm³/mol. The minimum absolute atomic E-state index is 0. The highest BCUT2D eigenvalue weighted by atomic mass is 35.5. The summed E-state index contributed by atoms with van der Waals surface area (Å²) in [5.41, 5.74) is 5.49. The zero-order valence-corrected chi connectivity index (χ0v) is 12.0. The van der Waals surface area contributed by atoms with E-state index in [1.807, 2.05) is 13.8 Å². The van der Waals surface area contributed by atoms with Gasteiger partial charge in [0.25, 0.3) is 0 Å². The molecule has 0 bridgehead atoms. The molecule has 0 unspecified atom stereocenters. The molecule has 0 aliphatic carbocycles. The highest BCUT2D eigenvalue weighted by Gasteiger charge is 2.29. The average Bonchev–Trinajstić information content (AvgIpc) is 2.76. The first kappa shape index (κ1) is 17.6. The maximum absolute atomic E-state index is 11.7. The molecule has 1 heterocycles. The number of hydrogen-bond donors (Lipinski definition) is 2. The lowest BCUT2D eigenvalue weighted by Gasteiger charge is -2.13. The predicted octanol–water partition coefficient (Wildman–Crippen LogP) is 0.846. The van der Waals surface area contributed by atoms with Crippen molar-refractivity contribution in [1.29, 1.82) is 0 Å². The maximum Gasteiger partial charge on any atom is 0.249 e. The number of nitrogens with two attached hydrogens (primary N) is 1. The normalized spacial score (nSPS) is 22.9. The SMILES string of the molecule is CC(C)OCCCNC(=O)[C@@H]1CC[C@H](CN)O1.Cl. The van der Waals surface area contributed by atoms with E-state index in [0.717, 1.165) is 19.3 Å². The second-order valence-corrected chi connectivity index (χ2v) is 4.62. The minimum atomic E-state index is -0.311. The number of amides is 1. The second kappa shape index (κ2) is 9.55. The quantitative estimate of drug-likeness (QED) is 0.678. The van der Waals surface area contributed by atoms with E-state index in [0.29, 0.717) is 19.7 Å². The third kappa shape index (κ3) is 6.54. The van der Waals surface area contributed by atoms with Crippen LogP contribution < -0.4 is 11.1 Å². The van der Waals surface area contributed by atoms with E-state index >= 15 is 0 Å². The molecule has 0 aromatic heterocycles. The second-order valence-electron chi connectivity index (χ2n) is 4.62. The number of halogens is 1. The summed E-state index contributed by atoms with van der Waals surface area (Å²) in [5, 5.41) is 2.86. The van der Waals surface area contributed by atoms with Gasteiger partial charge in [-0.25, -0.2) is 0 Å². The summed E-state index contributed by atoms with van der Waals surface area (Å²) < 4.78 is 10.9. The zero-order chi connectivity index (χ0) is 12.7. The van der Waals surface area contributed by atoms with Crippen LogP contribution in [0.25, 0.3) is 0 Å². The standard InChI is InChI=1S/C12H24N2O3.ClH/c1-9(2)16-7-3-6-14-12(15)11-5-4-10(8-13)17-11;/h9-11H,3-8,13H2,1-2H3,(H,14,15);1H/t10-,11+;/m1./s1. The maximum atomic E-state index is 11.7. The van der Waals surface area contributed by atoms with Gasteiger partial charge in [0.1, 0.15) is 6.10 Å². The average molecular weight is 281 g/mol. The third-order valence-electron chi connectivity index (χ3n) is 2.73. The summed E-state index contributed by atoms with van der Waals surface area (Å²) in [6.07, 6.45) is 2.47. The first-order chi connectivity index (χ1) is 8.13. The Morgan fingerprint density at radius 1 is 1.50 bits per heavy atom. The van der Waals surface area contributed by atoms with Crippen molar-refractivity contribution in [1.82, 2.24) is 5.32 Å². The highest BCUT2D eigenvalue weighted by molar-refractivity contribution is 5.85. The molecule has 18 heavy (non-hydrogen) atoms. The molecule has 0 radical (unpaired) electrons. The van der Waals surface area contributed by atoms with E-state index < -0.39 is 0 Å². The molecule has 0 aromatic rings. The lowest BCUT2D eigenvalue weighted by molar-refractivity contribution is -0.131. The van der Waals surface area contributed by atoms with Gasteiger partial charge >= 0.3 is 0 Å². The largest absolute Gasteiger partial charge is 0.379 e. The van der Waals surface area contributed by atoms with Gasteiger partial charge in [0, 0.05) is 19.7 Å². The Morgan fingerprint density at radius 2 is 2.22 bits per heavy atom. The van der Waals surface area contributed by atoms with E-state index in [1.54, 1.807) is 0 Å². The van der Waals surface area contributed by atoms with Crippen LogP contribution in [0, 0.1) is 0 Å². The number of ether oxygens (including phenoxy) is 2. The van der Waals surface area contributed by atoms with Crippen molar-refractivity contribution >= 4 is 18.3 Å². The Bertz CT molecular complexity index is 239. The molecule has 0 spiro atoms. The molecule has 3 N–H and O–H groups in total. The Morgan fingerprint density at radius 3 is 2.78 bits per heavy atom. The number of nitrogens with one attached hydrogen (secondary N) is 1. The van der Waals surface area contributed by atoms with E-state index in [-0.39, 0.29) is 36.6 Å². The first-order valence-corrected chi connectivity index (χ1v) is 6.38. The van der Waals surface area contributed by atoms with Crippen LogP contribution in [0.1, 0.15) is 33.1 Å². The number of hydrogen-bond acceptors (Lipinski definition) is 4. The lowest BCUT2D eigenvalue weighted by Crippen LogP contribution is -2.36. The molecule has 1 saturated heterocycles. The Kier molecular flexibility index (Phi) is 9.36. The van der Waals surface area contributed by atoms with Crippen LogP contribution in [-0.4, -0.2) is 43.9 Å². The summed E-state index contributed by atoms with van der Waals surface area (Å²) in [7, 11) is 0. The Balaban J connectivity index is 0.00000289. The van der Waals surface area contributed by atoms with Crippen LogP contribution in [0.3, 0.4) is 0 Å². The molecular weight excluding hydrogens is 256 g/mol. The lowest BCUT2D eigenvalue weighted by atomic mass is 10.2. The number of rotatable bonds is 7. The Labute approximate surface area is 115 Å². The van der Waals surface area contributed by atoms with Crippen molar-refractivity contribution in [3.8, 4) is 0 Å². The van der Waals surface area contributed by atoms with Gasteiger partial charge in [-0.3, -0.25) is 4.79 Å². The van der Waals surface area contributed by atoms with E-state index in [1.165, 1.54) is 0 Å². The molecule has 1 aliphatic rings.